The average molecular weight is 309 g/mol. The molecule has 0 aliphatic rings. The standard InChI is InChI=1S/C13H9ClN2O5/c14-10-5-7(16(20)21)1-4-11(10)15-13(19)9-3-2-8(17)6-12(9)18/h1-6,17-18H,(H,15,19). The number of halogens is 1. The van der Waals surface area contributed by atoms with Crippen LogP contribution in [0.15, 0.2) is 36.4 Å². The van der Waals surface area contributed by atoms with Crippen molar-refractivity contribution in [2.45, 2.75) is 0 Å². The lowest BCUT2D eigenvalue weighted by Crippen LogP contribution is -2.12. The van der Waals surface area contributed by atoms with Gasteiger partial charge in [-0.15, -0.1) is 0 Å². The van der Waals surface area contributed by atoms with E-state index in [9.17, 15) is 20.0 Å². The maximum atomic E-state index is 12.0. The van der Waals surface area contributed by atoms with Crippen molar-refractivity contribution in [2.24, 2.45) is 0 Å². The molecule has 0 atom stereocenters. The van der Waals surface area contributed by atoms with Crippen molar-refractivity contribution in [1.82, 2.24) is 0 Å². The van der Waals surface area contributed by atoms with E-state index in [1.54, 1.807) is 0 Å². The van der Waals surface area contributed by atoms with Crippen LogP contribution >= 0.6 is 11.6 Å². The van der Waals surface area contributed by atoms with Crippen molar-refractivity contribution in [2.75, 3.05) is 5.32 Å². The van der Waals surface area contributed by atoms with Crippen LogP contribution in [0.1, 0.15) is 10.4 Å². The minimum Gasteiger partial charge on any atom is -0.508 e. The zero-order valence-electron chi connectivity index (χ0n) is 10.4. The number of rotatable bonds is 3. The lowest BCUT2D eigenvalue weighted by molar-refractivity contribution is -0.384. The average Bonchev–Trinajstić information content (AvgIpc) is 2.40. The highest BCUT2D eigenvalue weighted by atomic mass is 35.5. The summed E-state index contributed by atoms with van der Waals surface area (Å²) in [5, 5.41) is 31.7. The molecular weight excluding hydrogens is 300 g/mol. The molecule has 0 aliphatic carbocycles. The molecule has 0 aromatic heterocycles. The first-order valence-corrected chi connectivity index (χ1v) is 6.03. The first-order valence-electron chi connectivity index (χ1n) is 5.66. The molecule has 0 bridgehead atoms. The van der Waals surface area contributed by atoms with Crippen LogP contribution in [0.5, 0.6) is 11.5 Å². The summed E-state index contributed by atoms with van der Waals surface area (Å²) < 4.78 is 0. The van der Waals surface area contributed by atoms with Crippen LogP contribution in [0.4, 0.5) is 11.4 Å². The molecule has 0 spiro atoms. The lowest BCUT2D eigenvalue weighted by atomic mass is 10.1. The molecule has 0 saturated heterocycles. The number of benzene rings is 2. The number of nitro groups is 1. The largest absolute Gasteiger partial charge is 0.508 e. The molecule has 1 amide bonds. The van der Waals surface area contributed by atoms with E-state index >= 15 is 0 Å². The first-order chi connectivity index (χ1) is 9.88. The van der Waals surface area contributed by atoms with Crippen LogP contribution in [0.25, 0.3) is 0 Å². The van der Waals surface area contributed by atoms with Gasteiger partial charge in [0.15, 0.2) is 0 Å². The number of aromatic hydroxyl groups is 2. The number of amides is 1. The minimum atomic E-state index is -0.664. The molecule has 21 heavy (non-hydrogen) atoms. The number of anilines is 1. The van der Waals surface area contributed by atoms with Crippen molar-refractivity contribution in [3.63, 3.8) is 0 Å². The van der Waals surface area contributed by atoms with Gasteiger partial charge in [0.2, 0.25) is 0 Å². The fraction of sp³-hybridized carbons (Fsp3) is 0. The van der Waals surface area contributed by atoms with Gasteiger partial charge in [0.25, 0.3) is 11.6 Å². The number of nitrogens with one attached hydrogen (secondary N) is 1. The molecular formula is C13H9ClN2O5. The van der Waals surface area contributed by atoms with Crippen LogP contribution in [-0.4, -0.2) is 21.0 Å². The number of phenolic OH excluding ortho intramolecular Hbond substituents is 2. The summed E-state index contributed by atoms with van der Waals surface area (Å²) >= 11 is 5.85. The molecule has 2 rings (SSSR count). The van der Waals surface area contributed by atoms with Gasteiger partial charge in [-0.05, 0) is 18.2 Å². The summed E-state index contributed by atoms with van der Waals surface area (Å²) in [6.45, 7) is 0. The van der Waals surface area contributed by atoms with Gasteiger partial charge in [0.05, 0.1) is 21.2 Å². The smallest absolute Gasteiger partial charge is 0.271 e. The van der Waals surface area contributed by atoms with Gasteiger partial charge in [-0.3, -0.25) is 14.9 Å². The molecule has 3 N–H and O–H groups in total. The summed E-state index contributed by atoms with van der Waals surface area (Å²) in [6, 6.07) is 7.08. The fourth-order valence-electron chi connectivity index (χ4n) is 1.62. The van der Waals surface area contributed by atoms with E-state index in [0.29, 0.717) is 0 Å². The highest BCUT2D eigenvalue weighted by molar-refractivity contribution is 6.34. The van der Waals surface area contributed by atoms with Gasteiger partial charge in [-0.2, -0.15) is 0 Å². The Morgan fingerprint density at radius 2 is 1.90 bits per heavy atom. The van der Waals surface area contributed by atoms with Gasteiger partial charge in [-0.25, -0.2) is 0 Å². The van der Waals surface area contributed by atoms with Crippen LogP contribution in [0.3, 0.4) is 0 Å². The van der Waals surface area contributed by atoms with Gasteiger partial charge >= 0.3 is 0 Å². The minimum absolute atomic E-state index is 0.00387. The first kappa shape index (κ1) is 14.6. The number of nitrogens with zero attached hydrogens (tertiary/aromatic N) is 1. The van der Waals surface area contributed by atoms with E-state index in [-0.39, 0.29) is 27.7 Å². The van der Waals surface area contributed by atoms with E-state index in [2.05, 4.69) is 5.32 Å². The maximum absolute atomic E-state index is 12.0. The Labute approximate surface area is 123 Å². The Morgan fingerprint density at radius 1 is 1.19 bits per heavy atom. The summed E-state index contributed by atoms with van der Waals surface area (Å²) in [4.78, 5) is 22.0. The van der Waals surface area contributed by atoms with E-state index in [1.807, 2.05) is 0 Å². The van der Waals surface area contributed by atoms with Crippen LogP contribution in [0.2, 0.25) is 5.02 Å². The lowest BCUT2D eigenvalue weighted by Gasteiger charge is -2.08. The van der Waals surface area contributed by atoms with Gasteiger partial charge in [0, 0.05) is 18.2 Å². The Balaban J connectivity index is 2.25. The Morgan fingerprint density at radius 3 is 2.48 bits per heavy atom. The molecule has 0 saturated carbocycles. The summed E-state index contributed by atoms with van der Waals surface area (Å²) in [7, 11) is 0. The highest BCUT2D eigenvalue weighted by Gasteiger charge is 2.15. The predicted molar refractivity (Wildman–Crippen MR) is 75.8 cm³/mol. The Hall–Kier alpha value is -2.80. The second-order valence-corrected chi connectivity index (χ2v) is 4.48. The zero-order valence-corrected chi connectivity index (χ0v) is 11.2. The molecule has 8 heteroatoms. The quantitative estimate of drug-likeness (QED) is 0.596. The molecule has 108 valence electrons. The van der Waals surface area contributed by atoms with Crippen LogP contribution < -0.4 is 5.32 Å². The highest BCUT2D eigenvalue weighted by Crippen LogP contribution is 2.28. The van der Waals surface area contributed by atoms with E-state index in [1.165, 1.54) is 24.3 Å². The van der Waals surface area contributed by atoms with Gasteiger partial charge in [-0.1, -0.05) is 11.6 Å². The third-order valence-electron chi connectivity index (χ3n) is 2.64. The number of non-ortho nitro benzene ring substituents is 1. The van der Waals surface area contributed by atoms with E-state index < -0.39 is 16.6 Å². The molecule has 0 radical (unpaired) electrons. The summed E-state index contributed by atoms with van der Waals surface area (Å²) in [6.07, 6.45) is 0. The number of carbonyl (C=O) groups excluding carboxylic acids is 1. The summed E-state index contributed by atoms with van der Waals surface area (Å²) in [5.74, 6) is -1.24. The fourth-order valence-corrected chi connectivity index (χ4v) is 1.84. The zero-order chi connectivity index (χ0) is 15.6. The Bertz CT molecular complexity index is 732. The molecule has 7 nitrogen and oxygen atoms in total. The third kappa shape index (κ3) is 3.21. The number of hydrogen-bond donors (Lipinski definition) is 3. The monoisotopic (exact) mass is 308 g/mol. The molecule has 0 unspecified atom stereocenters. The summed E-state index contributed by atoms with van der Waals surface area (Å²) in [5.41, 5.74) is -0.104. The number of nitro benzene ring substituents is 1. The molecule has 0 fully saturated rings. The predicted octanol–water partition coefficient (Wildman–Crippen LogP) is 2.91. The van der Waals surface area contributed by atoms with Crippen LogP contribution in [-0.2, 0) is 0 Å². The number of hydrogen-bond acceptors (Lipinski definition) is 5. The third-order valence-corrected chi connectivity index (χ3v) is 2.95. The molecule has 0 aliphatic heterocycles. The Kier molecular flexibility index (Phi) is 3.95. The van der Waals surface area contributed by atoms with Crippen molar-refractivity contribution in [3.05, 3.63) is 57.1 Å². The second-order valence-electron chi connectivity index (χ2n) is 4.08. The number of phenols is 2. The normalized spacial score (nSPS) is 10.1. The van der Waals surface area contributed by atoms with Crippen molar-refractivity contribution >= 4 is 28.9 Å². The topological polar surface area (TPSA) is 113 Å². The molecule has 0 heterocycles. The van der Waals surface area contributed by atoms with Crippen molar-refractivity contribution in [1.29, 1.82) is 0 Å². The van der Waals surface area contributed by atoms with Gasteiger partial charge < -0.3 is 15.5 Å². The van der Waals surface area contributed by atoms with Gasteiger partial charge in [0.1, 0.15) is 11.5 Å². The SMILES string of the molecule is O=C(Nc1ccc([N+](=O)[O-])cc1Cl)c1ccc(O)cc1O. The van der Waals surface area contributed by atoms with Crippen LogP contribution in [0, 0.1) is 10.1 Å². The van der Waals surface area contributed by atoms with Crippen molar-refractivity contribution < 1.29 is 19.9 Å². The molecule has 2 aromatic rings. The van der Waals surface area contributed by atoms with E-state index in [4.69, 9.17) is 16.7 Å². The van der Waals surface area contributed by atoms with E-state index in [0.717, 1.165) is 12.1 Å². The number of carbonyl (C=O) groups is 1. The maximum Gasteiger partial charge on any atom is 0.271 e. The molecule has 2 aromatic carbocycles. The second kappa shape index (κ2) is 5.68. The van der Waals surface area contributed by atoms with Crippen molar-refractivity contribution in [3.8, 4) is 11.5 Å².